The molecule has 0 radical (unpaired) electrons. The molecule has 0 aliphatic heterocycles. The molecule has 0 aliphatic carbocycles. The lowest BCUT2D eigenvalue weighted by molar-refractivity contribution is -0.0202. The highest BCUT2D eigenvalue weighted by Crippen LogP contribution is 2.30. The second kappa shape index (κ2) is 4.68. The fraction of sp³-hybridized carbons (Fsp3) is 0.545. The highest BCUT2D eigenvalue weighted by Gasteiger charge is 2.32. The predicted octanol–water partition coefficient (Wildman–Crippen LogP) is 2.04. The summed E-state index contributed by atoms with van der Waals surface area (Å²) < 4.78 is 18.8. The van der Waals surface area contributed by atoms with Crippen LogP contribution >= 0.6 is 0 Å². The quantitative estimate of drug-likeness (QED) is 0.830. The van der Waals surface area contributed by atoms with Crippen molar-refractivity contribution in [3.8, 4) is 0 Å². The first-order valence-electron chi connectivity index (χ1n) is 4.95. The van der Waals surface area contributed by atoms with Crippen LogP contribution < -0.4 is 5.73 Å². The van der Waals surface area contributed by atoms with E-state index in [1.54, 1.807) is 13.2 Å². The second-order valence-electron chi connectivity index (χ2n) is 3.75. The summed E-state index contributed by atoms with van der Waals surface area (Å²) in [5, 5.41) is 0. The maximum absolute atomic E-state index is 13.4. The molecule has 0 spiro atoms. The van der Waals surface area contributed by atoms with Gasteiger partial charge in [-0.3, -0.25) is 4.98 Å². The molecule has 0 amide bonds. The Balaban J connectivity index is 3.03. The zero-order chi connectivity index (χ0) is 11.5. The lowest BCUT2D eigenvalue weighted by Gasteiger charge is -2.33. The zero-order valence-corrected chi connectivity index (χ0v) is 9.33. The van der Waals surface area contributed by atoms with E-state index in [2.05, 4.69) is 4.98 Å². The third kappa shape index (κ3) is 2.33. The highest BCUT2D eigenvalue weighted by molar-refractivity contribution is 5.20. The Labute approximate surface area is 89.5 Å². The molecule has 2 atom stereocenters. The van der Waals surface area contributed by atoms with E-state index in [1.165, 1.54) is 12.4 Å². The Bertz CT molecular complexity index is 326. The fourth-order valence-corrected chi connectivity index (χ4v) is 1.46. The number of halogens is 1. The number of nitrogens with two attached hydrogens (primary N) is 1. The number of nitrogens with zero attached hydrogens (tertiary/aromatic N) is 1. The monoisotopic (exact) mass is 212 g/mol. The minimum Gasteiger partial charge on any atom is -0.377 e. The first kappa shape index (κ1) is 12.1. The van der Waals surface area contributed by atoms with Crippen LogP contribution in [0.4, 0.5) is 4.39 Å². The van der Waals surface area contributed by atoms with Crippen molar-refractivity contribution in [2.24, 2.45) is 5.73 Å². The SMILES string of the molecule is CCC(C)(OC)C(N)c1ccncc1F. The minimum absolute atomic E-state index is 0.387. The summed E-state index contributed by atoms with van der Waals surface area (Å²) in [5.41, 5.74) is 5.89. The van der Waals surface area contributed by atoms with Gasteiger partial charge in [-0.25, -0.2) is 4.39 Å². The summed E-state index contributed by atoms with van der Waals surface area (Å²) in [6.45, 7) is 3.83. The van der Waals surface area contributed by atoms with E-state index in [-0.39, 0.29) is 5.82 Å². The predicted molar refractivity (Wildman–Crippen MR) is 56.8 cm³/mol. The molecule has 1 rings (SSSR count). The smallest absolute Gasteiger partial charge is 0.146 e. The number of aromatic nitrogens is 1. The molecule has 1 heterocycles. The summed E-state index contributed by atoms with van der Waals surface area (Å²) in [4.78, 5) is 3.69. The molecule has 2 unspecified atom stereocenters. The van der Waals surface area contributed by atoms with Crippen molar-refractivity contribution < 1.29 is 9.13 Å². The van der Waals surface area contributed by atoms with Crippen LogP contribution in [0.15, 0.2) is 18.5 Å². The molecule has 15 heavy (non-hydrogen) atoms. The van der Waals surface area contributed by atoms with Crippen molar-refractivity contribution in [2.45, 2.75) is 31.9 Å². The van der Waals surface area contributed by atoms with Crippen LogP contribution in [0.25, 0.3) is 0 Å². The van der Waals surface area contributed by atoms with Gasteiger partial charge in [0.15, 0.2) is 0 Å². The van der Waals surface area contributed by atoms with E-state index in [0.717, 1.165) is 0 Å². The average Bonchev–Trinajstić information content (AvgIpc) is 2.28. The van der Waals surface area contributed by atoms with Crippen molar-refractivity contribution >= 4 is 0 Å². The molecule has 2 N–H and O–H groups in total. The molecule has 0 aromatic carbocycles. The Morgan fingerprint density at radius 2 is 2.33 bits per heavy atom. The van der Waals surface area contributed by atoms with Crippen LogP contribution in [0.2, 0.25) is 0 Å². The molecule has 1 aromatic rings. The van der Waals surface area contributed by atoms with Crippen molar-refractivity contribution in [1.82, 2.24) is 4.98 Å². The molecular weight excluding hydrogens is 195 g/mol. The molecule has 0 saturated carbocycles. The topological polar surface area (TPSA) is 48.1 Å². The summed E-state index contributed by atoms with van der Waals surface area (Å²) in [6.07, 6.45) is 3.41. The van der Waals surface area contributed by atoms with Crippen molar-refractivity contribution in [3.63, 3.8) is 0 Å². The summed E-state index contributed by atoms with van der Waals surface area (Å²) in [6, 6.07) is 1.10. The van der Waals surface area contributed by atoms with Gasteiger partial charge in [0.25, 0.3) is 0 Å². The van der Waals surface area contributed by atoms with E-state index >= 15 is 0 Å². The third-order valence-electron chi connectivity index (χ3n) is 2.97. The molecule has 3 nitrogen and oxygen atoms in total. The van der Waals surface area contributed by atoms with Crippen LogP contribution in [-0.4, -0.2) is 17.7 Å². The normalized spacial score (nSPS) is 17.1. The summed E-state index contributed by atoms with van der Waals surface area (Å²) >= 11 is 0. The van der Waals surface area contributed by atoms with Crippen molar-refractivity contribution in [2.75, 3.05) is 7.11 Å². The minimum atomic E-state index is -0.553. The molecule has 84 valence electrons. The van der Waals surface area contributed by atoms with E-state index < -0.39 is 11.6 Å². The van der Waals surface area contributed by atoms with Gasteiger partial charge in [0.1, 0.15) is 5.82 Å². The van der Waals surface area contributed by atoms with Gasteiger partial charge in [0.05, 0.1) is 17.8 Å². The van der Waals surface area contributed by atoms with Crippen LogP contribution in [0, 0.1) is 5.82 Å². The Hall–Kier alpha value is -1.00. The Morgan fingerprint density at radius 3 is 2.80 bits per heavy atom. The van der Waals surface area contributed by atoms with Gasteiger partial charge in [-0.1, -0.05) is 6.92 Å². The van der Waals surface area contributed by atoms with Crippen molar-refractivity contribution in [3.05, 3.63) is 29.8 Å². The van der Waals surface area contributed by atoms with Crippen LogP contribution in [-0.2, 0) is 4.74 Å². The molecule has 0 fully saturated rings. The standard InChI is InChI=1S/C11H17FN2O/c1-4-11(2,15-3)10(13)8-5-6-14-7-9(8)12/h5-7,10H,4,13H2,1-3H3. The lowest BCUT2D eigenvalue weighted by atomic mass is 9.88. The Morgan fingerprint density at radius 1 is 1.67 bits per heavy atom. The molecule has 0 saturated heterocycles. The van der Waals surface area contributed by atoms with Crippen LogP contribution in [0.1, 0.15) is 31.9 Å². The van der Waals surface area contributed by atoms with Gasteiger partial charge < -0.3 is 10.5 Å². The van der Waals surface area contributed by atoms with Gasteiger partial charge in [0.2, 0.25) is 0 Å². The number of methoxy groups -OCH3 is 1. The van der Waals surface area contributed by atoms with Gasteiger partial charge in [0, 0.05) is 18.9 Å². The van der Waals surface area contributed by atoms with Crippen LogP contribution in [0.3, 0.4) is 0 Å². The second-order valence-corrected chi connectivity index (χ2v) is 3.75. The van der Waals surface area contributed by atoms with E-state index in [1.807, 2.05) is 13.8 Å². The van der Waals surface area contributed by atoms with E-state index in [9.17, 15) is 4.39 Å². The lowest BCUT2D eigenvalue weighted by Crippen LogP contribution is -2.40. The summed E-state index contributed by atoms with van der Waals surface area (Å²) in [7, 11) is 1.59. The first-order chi connectivity index (χ1) is 7.05. The third-order valence-corrected chi connectivity index (χ3v) is 2.97. The number of pyridine rings is 1. The fourth-order valence-electron chi connectivity index (χ4n) is 1.46. The highest BCUT2D eigenvalue weighted by atomic mass is 19.1. The zero-order valence-electron chi connectivity index (χ0n) is 9.33. The molecular formula is C11H17FN2O. The van der Waals surface area contributed by atoms with Gasteiger partial charge in [-0.05, 0) is 19.4 Å². The summed E-state index contributed by atoms with van der Waals surface area (Å²) in [5.74, 6) is -0.387. The van der Waals surface area contributed by atoms with Gasteiger partial charge in [-0.15, -0.1) is 0 Å². The number of hydrogen-bond acceptors (Lipinski definition) is 3. The molecule has 1 aromatic heterocycles. The maximum Gasteiger partial charge on any atom is 0.146 e. The van der Waals surface area contributed by atoms with E-state index in [0.29, 0.717) is 12.0 Å². The molecule has 0 aliphatic rings. The largest absolute Gasteiger partial charge is 0.377 e. The van der Waals surface area contributed by atoms with Gasteiger partial charge in [-0.2, -0.15) is 0 Å². The van der Waals surface area contributed by atoms with Crippen molar-refractivity contribution in [1.29, 1.82) is 0 Å². The number of ether oxygens (including phenoxy) is 1. The van der Waals surface area contributed by atoms with E-state index in [4.69, 9.17) is 10.5 Å². The molecule has 0 bridgehead atoms. The van der Waals surface area contributed by atoms with Crippen LogP contribution in [0.5, 0.6) is 0 Å². The number of rotatable bonds is 4. The first-order valence-corrected chi connectivity index (χ1v) is 4.95. The number of hydrogen-bond donors (Lipinski definition) is 1. The molecule has 4 heteroatoms. The average molecular weight is 212 g/mol. The maximum atomic E-state index is 13.4. The Kier molecular flexibility index (Phi) is 3.77. The van der Waals surface area contributed by atoms with Gasteiger partial charge >= 0.3 is 0 Å².